The van der Waals surface area contributed by atoms with Crippen molar-refractivity contribution in [1.29, 1.82) is 0 Å². The highest BCUT2D eigenvalue weighted by Gasteiger charge is 2.31. The number of hydrogen-bond acceptors (Lipinski definition) is 5. The van der Waals surface area contributed by atoms with Gasteiger partial charge in [0.05, 0.1) is 16.8 Å². The molecule has 1 fully saturated rings. The van der Waals surface area contributed by atoms with Crippen LogP contribution in [0.1, 0.15) is 55.4 Å². The van der Waals surface area contributed by atoms with E-state index < -0.39 is 0 Å². The van der Waals surface area contributed by atoms with Gasteiger partial charge in [-0.25, -0.2) is 4.98 Å². The summed E-state index contributed by atoms with van der Waals surface area (Å²) in [7, 11) is 0. The number of aromatic nitrogens is 1. The average Bonchev–Trinajstić information content (AvgIpc) is 2.91. The van der Waals surface area contributed by atoms with Crippen LogP contribution in [0.15, 0.2) is 5.51 Å². The smallest absolute Gasteiger partial charge is 0.268 e. The molecule has 4 rings (SSSR count). The molecule has 2 amide bonds. The summed E-state index contributed by atoms with van der Waals surface area (Å²) in [4.78, 5) is 31.0. The van der Waals surface area contributed by atoms with E-state index in [1.807, 2.05) is 6.92 Å². The Bertz CT molecular complexity index is 789. The molecule has 0 atom stereocenters. The van der Waals surface area contributed by atoms with Gasteiger partial charge in [-0.2, -0.15) is 0 Å². The molecule has 1 saturated carbocycles. The number of thiophene rings is 1. The number of fused-ring (bicyclic) bond motifs is 1. The minimum Gasteiger partial charge on any atom is -0.349 e. The fourth-order valence-corrected chi connectivity index (χ4v) is 4.88. The van der Waals surface area contributed by atoms with Crippen molar-refractivity contribution in [3.8, 4) is 0 Å². The van der Waals surface area contributed by atoms with Crippen LogP contribution in [-0.4, -0.2) is 22.8 Å². The van der Waals surface area contributed by atoms with Gasteiger partial charge in [-0.05, 0) is 44.6 Å². The molecule has 23 heavy (non-hydrogen) atoms. The van der Waals surface area contributed by atoms with Crippen LogP contribution in [0, 0.1) is 6.92 Å². The van der Waals surface area contributed by atoms with Crippen LogP contribution in [0.4, 0.5) is 5.00 Å². The molecule has 2 aromatic heterocycles. The Balaban J connectivity index is 1.64. The van der Waals surface area contributed by atoms with Crippen LogP contribution in [0.5, 0.6) is 0 Å². The Morgan fingerprint density at radius 3 is 2.78 bits per heavy atom. The van der Waals surface area contributed by atoms with Crippen molar-refractivity contribution < 1.29 is 9.59 Å². The van der Waals surface area contributed by atoms with Gasteiger partial charge in [0.25, 0.3) is 11.8 Å². The lowest BCUT2D eigenvalue weighted by atomic mass is 10.1. The van der Waals surface area contributed by atoms with E-state index in [2.05, 4.69) is 15.6 Å². The van der Waals surface area contributed by atoms with Crippen LogP contribution in [-0.2, 0) is 12.8 Å². The van der Waals surface area contributed by atoms with Gasteiger partial charge >= 0.3 is 0 Å². The molecule has 5 nitrogen and oxygen atoms in total. The molecular weight excluding hydrogens is 330 g/mol. The van der Waals surface area contributed by atoms with Crippen LogP contribution in [0.2, 0.25) is 0 Å². The molecule has 0 radical (unpaired) electrons. The number of amides is 2. The molecule has 0 aliphatic heterocycles. The Morgan fingerprint density at radius 1 is 1.26 bits per heavy atom. The summed E-state index contributed by atoms with van der Waals surface area (Å²) >= 11 is 2.87. The molecule has 0 saturated heterocycles. The van der Waals surface area contributed by atoms with Crippen molar-refractivity contribution >= 4 is 39.5 Å². The maximum absolute atomic E-state index is 12.6. The van der Waals surface area contributed by atoms with E-state index in [-0.39, 0.29) is 11.8 Å². The van der Waals surface area contributed by atoms with Crippen molar-refractivity contribution in [2.24, 2.45) is 0 Å². The highest BCUT2D eigenvalue weighted by molar-refractivity contribution is 7.17. The SMILES string of the molecule is Cc1ncsc1C(=O)Nc1sc2c(c1C(=O)NC1CC1)CCC2. The molecule has 2 aliphatic carbocycles. The van der Waals surface area contributed by atoms with E-state index in [1.165, 1.54) is 16.2 Å². The third kappa shape index (κ3) is 2.79. The third-order valence-corrected chi connectivity index (χ3v) is 6.37. The zero-order valence-corrected chi connectivity index (χ0v) is 14.4. The second-order valence-electron chi connectivity index (χ2n) is 6.03. The molecule has 7 heteroatoms. The summed E-state index contributed by atoms with van der Waals surface area (Å²) in [5.74, 6) is -0.214. The van der Waals surface area contributed by atoms with Crippen LogP contribution in [0.3, 0.4) is 0 Å². The van der Waals surface area contributed by atoms with Gasteiger partial charge in [0.15, 0.2) is 0 Å². The topological polar surface area (TPSA) is 71.1 Å². The number of anilines is 1. The predicted octanol–water partition coefficient (Wildman–Crippen LogP) is 3.15. The minimum atomic E-state index is -0.176. The highest BCUT2D eigenvalue weighted by Crippen LogP contribution is 2.39. The Labute approximate surface area is 142 Å². The maximum atomic E-state index is 12.6. The van der Waals surface area contributed by atoms with Crippen LogP contribution in [0.25, 0.3) is 0 Å². The van der Waals surface area contributed by atoms with Crippen molar-refractivity contribution in [3.63, 3.8) is 0 Å². The van der Waals surface area contributed by atoms with Gasteiger partial charge < -0.3 is 10.6 Å². The largest absolute Gasteiger partial charge is 0.349 e. The van der Waals surface area contributed by atoms with E-state index in [9.17, 15) is 9.59 Å². The fraction of sp³-hybridized carbons (Fsp3) is 0.438. The number of aryl methyl sites for hydroxylation is 2. The lowest BCUT2D eigenvalue weighted by Crippen LogP contribution is -2.27. The van der Waals surface area contributed by atoms with Gasteiger partial charge in [0.1, 0.15) is 9.88 Å². The van der Waals surface area contributed by atoms with Crippen LogP contribution >= 0.6 is 22.7 Å². The quantitative estimate of drug-likeness (QED) is 0.892. The standard InChI is InChI=1S/C16H17N3O2S2/c1-8-13(22-7-17-8)15(21)19-16-12(14(20)18-9-5-6-9)10-3-2-4-11(10)23-16/h7,9H,2-6H2,1H3,(H,18,20)(H,19,21). The van der Waals surface area contributed by atoms with E-state index >= 15 is 0 Å². The predicted molar refractivity (Wildman–Crippen MR) is 91.6 cm³/mol. The summed E-state index contributed by atoms with van der Waals surface area (Å²) in [5.41, 5.74) is 4.20. The van der Waals surface area contributed by atoms with E-state index in [4.69, 9.17) is 0 Å². The van der Waals surface area contributed by atoms with Gasteiger partial charge in [-0.15, -0.1) is 22.7 Å². The van der Waals surface area contributed by atoms with Crippen LogP contribution < -0.4 is 10.6 Å². The first-order valence-electron chi connectivity index (χ1n) is 7.80. The second kappa shape index (κ2) is 5.72. The van der Waals surface area contributed by atoms with Crippen molar-refractivity contribution in [3.05, 3.63) is 32.1 Å². The number of hydrogen-bond donors (Lipinski definition) is 2. The first-order valence-corrected chi connectivity index (χ1v) is 9.50. The number of rotatable bonds is 4. The lowest BCUT2D eigenvalue weighted by molar-refractivity contribution is 0.0951. The van der Waals surface area contributed by atoms with E-state index in [0.29, 0.717) is 21.5 Å². The zero-order chi connectivity index (χ0) is 16.0. The number of carbonyl (C=O) groups is 2. The Morgan fingerprint density at radius 2 is 2.09 bits per heavy atom. The molecule has 2 heterocycles. The third-order valence-electron chi connectivity index (χ3n) is 4.24. The summed E-state index contributed by atoms with van der Waals surface area (Å²) in [6.45, 7) is 1.82. The molecule has 2 N–H and O–H groups in total. The normalized spacial score (nSPS) is 16.2. The van der Waals surface area contributed by atoms with Crippen molar-refractivity contribution in [2.75, 3.05) is 5.32 Å². The monoisotopic (exact) mass is 347 g/mol. The molecule has 2 aliphatic rings. The zero-order valence-electron chi connectivity index (χ0n) is 12.8. The van der Waals surface area contributed by atoms with Crippen molar-refractivity contribution in [2.45, 2.75) is 45.1 Å². The minimum absolute atomic E-state index is 0.0387. The molecule has 120 valence electrons. The number of nitrogens with zero attached hydrogens (tertiary/aromatic N) is 1. The highest BCUT2D eigenvalue weighted by atomic mass is 32.1. The van der Waals surface area contributed by atoms with Crippen molar-refractivity contribution in [1.82, 2.24) is 10.3 Å². The molecule has 0 unspecified atom stereocenters. The second-order valence-corrected chi connectivity index (χ2v) is 7.99. The van der Waals surface area contributed by atoms with E-state index in [0.717, 1.165) is 43.4 Å². The lowest BCUT2D eigenvalue weighted by Gasteiger charge is -2.08. The van der Waals surface area contributed by atoms with Gasteiger partial charge in [0, 0.05) is 10.9 Å². The summed E-state index contributed by atoms with van der Waals surface area (Å²) in [5, 5.41) is 6.69. The van der Waals surface area contributed by atoms with Gasteiger partial charge in [0.2, 0.25) is 0 Å². The van der Waals surface area contributed by atoms with Gasteiger partial charge in [-0.1, -0.05) is 0 Å². The molecule has 0 aromatic carbocycles. The number of thiazole rings is 1. The number of carbonyl (C=O) groups excluding carboxylic acids is 2. The first kappa shape index (κ1) is 14.8. The summed E-state index contributed by atoms with van der Waals surface area (Å²) < 4.78 is 0. The Hall–Kier alpha value is -1.73. The molecule has 0 spiro atoms. The maximum Gasteiger partial charge on any atom is 0.268 e. The van der Waals surface area contributed by atoms with Gasteiger partial charge in [-0.3, -0.25) is 9.59 Å². The molecular formula is C16H17N3O2S2. The Kier molecular flexibility index (Phi) is 3.69. The summed E-state index contributed by atoms with van der Waals surface area (Å²) in [6, 6.07) is 0.312. The average molecular weight is 347 g/mol. The molecule has 0 bridgehead atoms. The summed E-state index contributed by atoms with van der Waals surface area (Å²) in [6.07, 6.45) is 5.13. The fourth-order valence-electron chi connectivity index (χ4n) is 2.90. The molecule has 2 aromatic rings. The van der Waals surface area contributed by atoms with E-state index in [1.54, 1.807) is 16.8 Å². The number of nitrogens with one attached hydrogen (secondary N) is 2. The first-order chi connectivity index (χ1) is 11.1.